The maximum Gasteiger partial charge on any atom is 0.267 e. The van der Waals surface area contributed by atoms with Crippen molar-refractivity contribution in [1.82, 2.24) is 14.7 Å². The number of fused-ring (bicyclic) bond motifs is 1. The predicted molar refractivity (Wildman–Crippen MR) is 89.5 cm³/mol. The lowest BCUT2D eigenvalue weighted by Gasteiger charge is -2.09. The monoisotopic (exact) mass is 337 g/mol. The Labute approximate surface area is 140 Å². The molecule has 0 bridgehead atoms. The highest BCUT2D eigenvalue weighted by molar-refractivity contribution is 5.90. The molecular formula is C18H12FN3O3. The van der Waals surface area contributed by atoms with Gasteiger partial charge in [-0.25, -0.2) is 4.39 Å². The summed E-state index contributed by atoms with van der Waals surface area (Å²) in [6, 6.07) is 12.9. The van der Waals surface area contributed by atoms with Gasteiger partial charge < -0.3 is 14.2 Å². The number of nitrogens with zero attached hydrogens (tertiary/aromatic N) is 3. The Hall–Kier alpha value is -3.48. The first kappa shape index (κ1) is 15.1. The fourth-order valence-electron chi connectivity index (χ4n) is 2.75. The van der Waals surface area contributed by atoms with Gasteiger partial charge in [-0.3, -0.25) is 4.79 Å². The van der Waals surface area contributed by atoms with Crippen LogP contribution in [0.2, 0.25) is 0 Å². The quantitative estimate of drug-likeness (QED) is 0.608. The average molecular weight is 337 g/mol. The zero-order chi connectivity index (χ0) is 17.6. The van der Waals surface area contributed by atoms with Crippen LogP contribution in [-0.2, 0) is 7.05 Å². The second-order valence-corrected chi connectivity index (χ2v) is 5.51. The summed E-state index contributed by atoms with van der Waals surface area (Å²) < 4.78 is 20.4. The summed E-state index contributed by atoms with van der Waals surface area (Å²) in [7, 11) is 1.59. The Bertz CT molecular complexity index is 1160. The summed E-state index contributed by atoms with van der Waals surface area (Å²) in [6.07, 6.45) is 0. The van der Waals surface area contributed by atoms with Gasteiger partial charge in [0.15, 0.2) is 0 Å². The number of benzene rings is 2. The molecule has 0 saturated carbocycles. The Morgan fingerprint density at radius 2 is 1.84 bits per heavy atom. The number of aromatic hydroxyl groups is 1. The topological polar surface area (TPSA) is 81.2 Å². The number of hydrogen-bond donors (Lipinski definition) is 1. The molecule has 4 rings (SSSR count). The van der Waals surface area contributed by atoms with Crippen molar-refractivity contribution in [2.24, 2.45) is 7.05 Å². The van der Waals surface area contributed by atoms with E-state index in [9.17, 15) is 14.3 Å². The van der Waals surface area contributed by atoms with Crippen molar-refractivity contribution in [3.05, 3.63) is 64.7 Å². The van der Waals surface area contributed by atoms with Gasteiger partial charge in [-0.15, -0.1) is 0 Å². The van der Waals surface area contributed by atoms with Crippen molar-refractivity contribution in [3.63, 3.8) is 0 Å². The summed E-state index contributed by atoms with van der Waals surface area (Å²) in [4.78, 5) is 16.7. The molecule has 2 heterocycles. The predicted octanol–water partition coefficient (Wildman–Crippen LogP) is 3.10. The minimum absolute atomic E-state index is 0.00251. The third-order valence-corrected chi connectivity index (χ3v) is 4.03. The first-order valence-corrected chi connectivity index (χ1v) is 7.47. The summed E-state index contributed by atoms with van der Waals surface area (Å²) in [5.74, 6) is -0.919. The standard InChI is InChI=1S/C18H12FN3O3/c1-22-13-9-5-3-7-11(13)15(23)14(18(22)24)17-20-16(21-25-17)10-6-2-4-8-12(10)19/h2-9,23H,1H3. The van der Waals surface area contributed by atoms with Gasteiger partial charge in [0.25, 0.3) is 11.4 Å². The SMILES string of the molecule is Cn1c(=O)c(-c2nc(-c3ccccc3F)no2)c(O)c2ccccc21. The molecule has 2 aromatic carbocycles. The molecule has 7 heteroatoms. The van der Waals surface area contributed by atoms with Crippen molar-refractivity contribution in [2.45, 2.75) is 0 Å². The molecule has 4 aromatic rings. The number of halogens is 1. The van der Waals surface area contributed by atoms with Crippen LogP contribution in [0, 0.1) is 5.82 Å². The minimum Gasteiger partial charge on any atom is -0.506 e. The van der Waals surface area contributed by atoms with E-state index >= 15 is 0 Å². The summed E-state index contributed by atoms with van der Waals surface area (Å²) >= 11 is 0. The van der Waals surface area contributed by atoms with E-state index in [1.807, 2.05) is 0 Å². The van der Waals surface area contributed by atoms with Gasteiger partial charge in [-0.1, -0.05) is 29.4 Å². The van der Waals surface area contributed by atoms with Crippen LogP contribution < -0.4 is 5.56 Å². The zero-order valence-corrected chi connectivity index (χ0v) is 13.1. The fourth-order valence-corrected chi connectivity index (χ4v) is 2.75. The Morgan fingerprint density at radius 3 is 2.64 bits per heavy atom. The van der Waals surface area contributed by atoms with Gasteiger partial charge >= 0.3 is 0 Å². The lowest BCUT2D eigenvalue weighted by Crippen LogP contribution is -2.19. The van der Waals surface area contributed by atoms with Gasteiger partial charge in [-0.05, 0) is 24.3 Å². The van der Waals surface area contributed by atoms with E-state index in [1.165, 1.54) is 16.7 Å². The maximum absolute atomic E-state index is 13.9. The van der Waals surface area contributed by atoms with Crippen LogP contribution in [0.3, 0.4) is 0 Å². The second kappa shape index (κ2) is 5.55. The van der Waals surface area contributed by atoms with Crippen molar-refractivity contribution < 1.29 is 14.0 Å². The Morgan fingerprint density at radius 1 is 1.12 bits per heavy atom. The summed E-state index contributed by atoms with van der Waals surface area (Å²) in [5.41, 5.74) is 0.119. The lowest BCUT2D eigenvalue weighted by molar-refractivity contribution is 0.425. The van der Waals surface area contributed by atoms with Gasteiger partial charge in [-0.2, -0.15) is 4.98 Å². The normalized spacial score (nSPS) is 11.1. The number of para-hydroxylation sites is 1. The number of pyridine rings is 1. The van der Waals surface area contributed by atoms with Crippen molar-refractivity contribution in [3.8, 4) is 28.6 Å². The molecule has 0 spiro atoms. The van der Waals surface area contributed by atoms with E-state index in [0.29, 0.717) is 10.9 Å². The molecule has 1 N–H and O–H groups in total. The molecule has 0 unspecified atom stereocenters. The molecular weight excluding hydrogens is 325 g/mol. The van der Waals surface area contributed by atoms with E-state index in [0.717, 1.165) is 0 Å². The van der Waals surface area contributed by atoms with Crippen molar-refractivity contribution >= 4 is 10.9 Å². The number of aromatic nitrogens is 3. The van der Waals surface area contributed by atoms with Gasteiger partial charge in [0.1, 0.15) is 17.1 Å². The highest BCUT2D eigenvalue weighted by Gasteiger charge is 2.22. The molecule has 0 radical (unpaired) electrons. The number of rotatable bonds is 2. The Kier molecular flexibility index (Phi) is 3.35. The largest absolute Gasteiger partial charge is 0.506 e. The number of aryl methyl sites for hydroxylation is 1. The fraction of sp³-hybridized carbons (Fsp3) is 0.0556. The van der Waals surface area contributed by atoms with Crippen molar-refractivity contribution in [2.75, 3.05) is 0 Å². The molecule has 0 atom stereocenters. The van der Waals surface area contributed by atoms with E-state index < -0.39 is 11.4 Å². The van der Waals surface area contributed by atoms with Gasteiger partial charge in [0.05, 0.1) is 11.1 Å². The van der Waals surface area contributed by atoms with Gasteiger partial charge in [0.2, 0.25) is 5.82 Å². The van der Waals surface area contributed by atoms with Crippen LogP contribution in [-0.4, -0.2) is 19.8 Å². The van der Waals surface area contributed by atoms with Crippen LogP contribution in [0.15, 0.2) is 57.8 Å². The minimum atomic E-state index is -0.509. The smallest absolute Gasteiger partial charge is 0.267 e. The van der Waals surface area contributed by atoms with E-state index in [-0.39, 0.29) is 28.6 Å². The maximum atomic E-state index is 13.9. The van der Waals surface area contributed by atoms with Crippen LogP contribution in [0.1, 0.15) is 0 Å². The average Bonchev–Trinajstić information content (AvgIpc) is 3.10. The molecule has 25 heavy (non-hydrogen) atoms. The first-order valence-electron chi connectivity index (χ1n) is 7.47. The van der Waals surface area contributed by atoms with Crippen LogP contribution in [0.5, 0.6) is 5.75 Å². The molecule has 2 aromatic heterocycles. The van der Waals surface area contributed by atoms with Gasteiger partial charge in [0, 0.05) is 12.4 Å². The molecule has 0 fully saturated rings. The molecule has 0 aliphatic carbocycles. The third-order valence-electron chi connectivity index (χ3n) is 4.03. The highest BCUT2D eigenvalue weighted by atomic mass is 19.1. The molecule has 0 aliphatic rings. The summed E-state index contributed by atoms with van der Waals surface area (Å²) in [6.45, 7) is 0. The highest BCUT2D eigenvalue weighted by Crippen LogP contribution is 2.32. The van der Waals surface area contributed by atoms with E-state index in [4.69, 9.17) is 4.52 Å². The second-order valence-electron chi connectivity index (χ2n) is 5.51. The van der Waals surface area contributed by atoms with Crippen molar-refractivity contribution in [1.29, 1.82) is 0 Å². The van der Waals surface area contributed by atoms with E-state index in [1.54, 1.807) is 43.4 Å². The molecule has 124 valence electrons. The van der Waals surface area contributed by atoms with Crippen LogP contribution >= 0.6 is 0 Å². The molecule has 0 amide bonds. The Balaban J connectivity index is 1.95. The van der Waals surface area contributed by atoms with E-state index in [2.05, 4.69) is 10.1 Å². The summed E-state index contributed by atoms with van der Waals surface area (Å²) in [5, 5.41) is 14.7. The first-order chi connectivity index (χ1) is 12.1. The molecule has 6 nitrogen and oxygen atoms in total. The molecule has 0 aliphatic heterocycles. The lowest BCUT2D eigenvalue weighted by atomic mass is 10.1. The third kappa shape index (κ3) is 2.28. The number of hydrogen-bond acceptors (Lipinski definition) is 5. The van der Waals surface area contributed by atoms with Crippen LogP contribution in [0.25, 0.3) is 33.7 Å². The van der Waals surface area contributed by atoms with Crippen LogP contribution in [0.4, 0.5) is 4.39 Å². The molecule has 0 saturated heterocycles. The zero-order valence-electron chi connectivity index (χ0n) is 13.1.